The molecule has 23 heavy (non-hydrogen) atoms. The number of benzene rings is 2. The summed E-state index contributed by atoms with van der Waals surface area (Å²) in [7, 11) is 1.48. The lowest BCUT2D eigenvalue weighted by Gasteiger charge is -2.11. The van der Waals surface area contributed by atoms with Crippen LogP contribution in [0.4, 0.5) is 0 Å². The Balaban J connectivity index is 1.88. The SMILES string of the molecule is COc1cc(C#N)ccc1OCC(=O)NCc1cccc(Br)c1. The maximum atomic E-state index is 11.9. The zero-order valence-electron chi connectivity index (χ0n) is 12.5. The standard InChI is InChI=1S/C17H15BrN2O3/c1-22-16-8-12(9-19)5-6-15(16)23-11-17(21)20-10-13-3-2-4-14(18)7-13/h2-8H,10-11H2,1H3,(H,20,21). The van der Waals surface area contributed by atoms with Crippen LogP contribution in [0.2, 0.25) is 0 Å². The Morgan fingerprint density at radius 1 is 1.26 bits per heavy atom. The lowest BCUT2D eigenvalue weighted by atomic mass is 10.2. The summed E-state index contributed by atoms with van der Waals surface area (Å²) in [5.74, 6) is 0.601. The van der Waals surface area contributed by atoms with Crippen molar-refractivity contribution in [1.29, 1.82) is 5.26 Å². The van der Waals surface area contributed by atoms with E-state index in [1.54, 1.807) is 18.2 Å². The highest BCUT2D eigenvalue weighted by atomic mass is 79.9. The number of nitriles is 1. The molecule has 0 aliphatic carbocycles. The molecular formula is C17H15BrN2O3. The van der Waals surface area contributed by atoms with Crippen LogP contribution < -0.4 is 14.8 Å². The number of hydrogen-bond acceptors (Lipinski definition) is 4. The molecule has 1 N–H and O–H groups in total. The van der Waals surface area contributed by atoms with Crippen molar-refractivity contribution in [2.75, 3.05) is 13.7 Å². The van der Waals surface area contributed by atoms with E-state index in [9.17, 15) is 4.79 Å². The molecule has 0 radical (unpaired) electrons. The fraction of sp³-hybridized carbons (Fsp3) is 0.176. The van der Waals surface area contributed by atoms with Gasteiger partial charge in [0.25, 0.3) is 5.91 Å². The van der Waals surface area contributed by atoms with Gasteiger partial charge in [0.1, 0.15) is 0 Å². The molecule has 0 unspecified atom stereocenters. The Bertz CT molecular complexity index is 741. The van der Waals surface area contributed by atoms with Crippen LogP contribution >= 0.6 is 15.9 Å². The van der Waals surface area contributed by atoms with Gasteiger partial charge in [-0.25, -0.2) is 0 Å². The zero-order valence-corrected chi connectivity index (χ0v) is 14.1. The second kappa shape index (κ2) is 8.20. The van der Waals surface area contributed by atoms with Gasteiger partial charge in [-0.1, -0.05) is 28.1 Å². The van der Waals surface area contributed by atoms with Gasteiger partial charge >= 0.3 is 0 Å². The molecule has 2 aromatic rings. The van der Waals surface area contributed by atoms with Crippen LogP contribution in [0.25, 0.3) is 0 Å². The fourth-order valence-corrected chi connectivity index (χ4v) is 2.34. The van der Waals surface area contributed by atoms with Gasteiger partial charge < -0.3 is 14.8 Å². The predicted octanol–water partition coefficient (Wildman–Crippen LogP) is 3.02. The van der Waals surface area contributed by atoms with Gasteiger partial charge in [-0.3, -0.25) is 4.79 Å². The lowest BCUT2D eigenvalue weighted by molar-refractivity contribution is -0.123. The number of carbonyl (C=O) groups excluding carboxylic acids is 1. The number of nitrogens with one attached hydrogen (secondary N) is 1. The van der Waals surface area contributed by atoms with Gasteiger partial charge in [0, 0.05) is 17.1 Å². The Morgan fingerprint density at radius 3 is 2.78 bits per heavy atom. The summed E-state index contributed by atoms with van der Waals surface area (Å²) in [6.45, 7) is 0.294. The van der Waals surface area contributed by atoms with Crippen molar-refractivity contribution in [2.45, 2.75) is 6.54 Å². The first-order chi connectivity index (χ1) is 11.1. The Labute approximate surface area is 143 Å². The van der Waals surface area contributed by atoms with Crippen LogP contribution in [0.5, 0.6) is 11.5 Å². The van der Waals surface area contributed by atoms with E-state index in [4.69, 9.17) is 14.7 Å². The molecule has 0 aromatic heterocycles. The minimum Gasteiger partial charge on any atom is -0.493 e. The molecule has 0 bridgehead atoms. The van der Waals surface area contributed by atoms with Crippen LogP contribution in [0.15, 0.2) is 46.9 Å². The molecular weight excluding hydrogens is 360 g/mol. The van der Waals surface area contributed by atoms with Gasteiger partial charge in [0.05, 0.1) is 18.7 Å². The van der Waals surface area contributed by atoms with Crippen LogP contribution in [0.3, 0.4) is 0 Å². The number of rotatable bonds is 6. The number of methoxy groups -OCH3 is 1. The molecule has 0 heterocycles. The van der Waals surface area contributed by atoms with E-state index >= 15 is 0 Å². The first kappa shape index (κ1) is 16.8. The highest BCUT2D eigenvalue weighted by Crippen LogP contribution is 2.27. The molecule has 0 fully saturated rings. The van der Waals surface area contributed by atoms with Crippen LogP contribution in [-0.4, -0.2) is 19.6 Å². The smallest absolute Gasteiger partial charge is 0.258 e. The normalized spacial score (nSPS) is 9.78. The summed E-state index contributed by atoms with van der Waals surface area (Å²) in [5, 5.41) is 11.6. The fourth-order valence-electron chi connectivity index (χ4n) is 1.90. The summed E-state index contributed by atoms with van der Waals surface area (Å²) in [4.78, 5) is 11.9. The summed E-state index contributed by atoms with van der Waals surface area (Å²) >= 11 is 3.38. The highest BCUT2D eigenvalue weighted by Gasteiger charge is 2.08. The van der Waals surface area contributed by atoms with E-state index in [1.807, 2.05) is 30.3 Å². The second-order valence-electron chi connectivity index (χ2n) is 4.67. The molecule has 0 aliphatic rings. The number of hydrogen-bond donors (Lipinski definition) is 1. The Kier molecular flexibility index (Phi) is 6.01. The molecule has 0 atom stereocenters. The number of amides is 1. The minimum atomic E-state index is -0.239. The molecule has 118 valence electrons. The van der Waals surface area contributed by atoms with Crippen molar-refractivity contribution >= 4 is 21.8 Å². The maximum Gasteiger partial charge on any atom is 0.258 e. The molecule has 2 aromatic carbocycles. The van der Waals surface area contributed by atoms with Crippen molar-refractivity contribution < 1.29 is 14.3 Å². The van der Waals surface area contributed by atoms with Gasteiger partial charge in [0.15, 0.2) is 18.1 Å². The maximum absolute atomic E-state index is 11.9. The van der Waals surface area contributed by atoms with E-state index < -0.39 is 0 Å². The van der Waals surface area contributed by atoms with Crippen LogP contribution in [-0.2, 0) is 11.3 Å². The summed E-state index contributed by atoms with van der Waals surface area (Å²) in [5.41, 5.74) is 1.46. The average molecular weight is 375 g/mol. The van der Waals surface area contributed by atoms with E-state index in [2.05, 4.69) is 21.2 Å². The zero-order chi connectivity index (χ0) is 16.7. The van der Waals surface area contributed by atoms with Crippen molar-refractivity contribution in [3.05, 3.63) is 58.1 Å². The van der Waals surface area contributed by atoms with Crippen molar-refractivity contribution in [2.24, 2.45) is 0 Å². The minimum absolute atomic E-state index is 0.129. The van der Waals surface area contributed by atoms with Gasteiger partial charge in [-0.15, -0.1) is 0 Å². The van der Waals surface area contributed by atoms with Crippen molar-refractivity contribution in [1.82, 2.24) is 5.32 Å². The van der Waals surface area contributed by atoms with Gasteiger partial charge in [-0.05, 0) is 29.8 Å². The number of carbonyl (C=O) groups is 1. The predicted molar refractivity (Wildman–Crippen MR) is 89.2 cm³/mol. The van der Waals surface area contributed by atoms with Crippen molar-refractivity contribution in [3.63, 3.8) is 0 Å². The second-order valence-corrected chi connectivity index (χ2v) is 5.59. The number of ether oxygens (including phenoxy) is 2. The topological polar surface area (TPSA) is 71.3 Å². The highest BCUT2D eigenvalue weighted by molar-refractivity contribution is 9.10. The Hall–Kier alpha value is -2.52. The average Bonchev–Trinajstić information content (AvgIpc) is 2.58. The largest absolute Gasteiger partial charge is 0.493 e. The van der Waals surface area contributed by atoms with E-state index in [1.165, 1.54) is 7.11 Å². The monoisotopic (exact) mass is 374 g/mol. The van der Waals surface area contributed by atoms with Gasteiger partial charge in [-0.2, -0.15) is 5.26 Å². The van der Waals surface area contributed by atoms with Gasteiger partial charge in [0.2, 0.25) is 0 Å². The molecule has 6 heteroatoms. The van der Waals surface area contributed by atoms with Crippen LogP contribution in [0, 0.1) is 11.3 Å². The third kappa shape index (κ3) is 5.01. The molecule has 5 nitrogen and oxygen atoms in total. The Morgan fingerprint density at radius 2 is 2.09 bits per heavy atom. The number of halogens is 1. The molecule has 0 aliphatic heterocycles. The summed E-state index contributed by atoms with van der Waals surface area (Å²) in [6.07, 6.45) is 0. The van der Waals surface area contributed by atoms with E-state index in [0.29, 0.717) is 23.6 Å². The van der Waals surface area contributed by atoms with Crippen molar-refractivity contribution in [3.8, 4) is 17.6 Å². The molecule has 0 saturated carbocycles. The first-order valence-electron chi connectivity index (χ1n) is 6.84. The molecule has 2 rings (SSSR count). The first-order valence-corrected chi connectivity index (χ1v) is 7.63. The third-order valence-electron chi connectivity index (χ3n) is 3.03. The summed E-state index contributed by atoms with van der Waals surface area (Å²) < 4.78 is 11.6. The van der Waals surface area contributed by atoms with E-state index in [0.717, 1.165) is 10.0 Å². The van der Waals surface area contributed by atoms with E-state index in [-0.39, 0.29) is 12.5 Å². The third-order valence-corrected chi connectivity index (χ3v) is 3.52. The van der Waals surface area contributed by atoms with Crippen LogP contribution in [0.1, 0.15) is 11.1 Å². The molecule has 1 amide bonds. The molecule has 0 saturated heterocycles. The summed E-state index contributed by atoms with van der Waals surface area (Å²) in [6, 6.07) is 14.5. The lowest BCUT2D eigenvalue weighted by Crippen LogP contribution is -2.28. The molecule has 0 spiro atoms. The number of nitrogens with zero attached hydrogens (tertiary/aromatic N) is 1. The quantitative estimate of drug-likeness (QED) is 0.843.